The smallest absolute Gasteiger partial charge is 0.127 e. The molecule has 18 heavy (non-hydrogen) atoms. The fraction of sp³-hybridized carbons (Fsp3) is 0.571. The van der Waals surface area contributed by atoms with Gasteiger partial charge in [0.1, 0.15) is 5.82 Å². The van der Waals surface area contributed by atoms with Gasteiger partial charge in [-0.05, 0) is 43.5 Å². The fourth-order valence-electron chi connectivity index (χ4n) is 1.85. The highest BCUT2D eigenvalue weighted by atomic mass is 35.5. The lowest BCUT2D eigenvalue weighted by Gasteiger charge is -2.17. The SMILES string of the molecule is CCCNC(CCc1ccc(Cl)cc1F)COC. The first-order chi connectivity index (χ1) is 8.67. The number of aryl methyl sites for hydroxylation is 1. The number of halogens is 2. The van der Waals surface area contributed by atoms with Crippen LogP contribution in [0, 0.1) is 5.82 Å². The number of ether oxygens (including phenoxy) is 1. The van der Waals surface area contributed by atoms with E-state index in [0.29, 0.717) is 23.6 Å². The molecule has 0 aliphatic carbocycles. The van der Waals surface area contributed by atoms with Crippen molar-refractivity contribution >= 4 is 11.6 Å². The van der Waals surface area contributed by atoms with Crippen molar-refractivity contribution in [2.75, 3.05) is 20.3 Å². The van der Waals surface area contributed by atoms with Gasteiger partial charge in [0.05, 0.1) is 6.61 Å². The summed E-state index contributed by atoms with van der Waals surface area (Å²) in [6.07, 6.45) is 2.62. The molecule has 1 aromatic carbocycles. The molecule has 1 unspecified atom stereocenters. The van der Waals surface area contributed by atoms with Crippen LogP contribution in [0.3, 0.4) is 0 Å². The van der Waals surface area contributed by atoms with Crippen molar-refractivity contribution < 1.29 is 9.13 Å². The monoisotopic (exact) mass is 273 g/mol. The van der Waals surface area contributed by atoms with Crippen molar-refractivity contribution in [3.05, 3.63) is 34.6 Å². The molecule has 0 aromatic heterocycles. The molecule has 1 aromatic rings. The molecule has 0 saturated carbocycles. The van der Waals surface area contributed by atoms with Gasteiger partial charge < -0.3 is 10.1 Å². The minimum atomic E-state index is -0.228. The zero-order chi connectivity index (χ0) is 13.4. The first-order valence-electron chi connectivity index (χ1n) is 6.33. The Bertz CT molecular complexity index is 360. The Kier molecular flexibility index (Phi) is 7.25. The number of methoxy groups -OCH3 is 1. The molecule has 102 valence electrons. The summed E-state index contributed by atoms with van der Waals surface area (Å²) in [6.45, 7) is 3.72. The summed E-state index contributed by atoms with van der Waals surface area (Å²) in [5, 5.41) is 3.84. The standard InChI is InChI=1S/C14H21ClFNO/c1-3-8-17-13(10-18-2)7-5-11-4-6-12(15)9-14(11)16/h4,6,9,13,17H,3,5,7-8,10H2,1-2H3. The normalized spacial score (nSPS) is 12.7. The van der Waals surface area contributed by atoms with Gasteiger partial charge in [-0.2, -0.15) is 0 Å². The van der Waals surface area contributed by atoms with Gasteiger partial charge in [0.25, 0.3) is 0 Å². The van der Waals surface area contributed by atoms with Gasteiger partial charge in [-0.3, -0.25) is 0 Å². The van der Waals surface area contributed by atoms with Gasteiger partial charge in [0, 0.05) is 18.2 Å². The predicted octanol–water partition coefficient (Wildman–Crippen LogP) is 3.43. The molecule has 0 heterocycles. The molecular weight excluding hydrogens is 253 g/mol. The third kappa shape index (κ3) is 5.34. The Hall–Kier alpha value is -0.640. The van der Waals surface area contributed by atoms with Crippen LogP contribution in [0.15, 0.2) is 18.2 Å². The van der Waals surface area contributed by atoms with Crippen LogP contribution in [-0.2, 0) is 11.2 Å². The van der Waals surface area contributed by atoms with E-state index >= 15 is 0 Å². The van der Waals surface area contributed by atoms with Gasteiger partial charge in [-0.1, -0.05) is 24.6 Å². The minimum absolute atomic E-state index is 0.228. The Morgan fingerprint density at radius 3 is 2.83 bits per heavy atom. The molecule has 0 aliphatic heterocycles. The maximum Gasteiger partial charge on any atom is 0.127 e. The van der Waals surface area contributed by atoms with Crippen LogP contribution in [0.4, 0.5) is 4.39 Å². The highest BCUT2D eigenvalue weighted by Crippen LogP contribution is 2.16. The second kappa shape index (κ2) is 8.46. The first kappa shape index (κ1) is 15.4. The van der Waals surface area contributed by atoms with Crippen molar-refractivity contribution in [3.63, 3.8) is 0 Å². The summed E-state index contributed by atoms with van der Waals surface area (Å²) < 4.78 is 18.8. The zero-order valence-corrected chi connectivity index (χ0v) is 11.8. The van der Waals surface area contributed by atoms with E-state index in [1.807, 2.05) is 0 Å². The summed E-state index contributed by atoms with van der Waals surface area (Å²) in [5.74, 6) is -0.228. The van der Waals surface area contributed by atoms with E-state index in [9.17, 15) is 4.39 Å². The topological polar surface area (TPSA) is 21.3 Å². The summed E-state index contributed by atoms with van der Waals surface area (Å²) in [7, 11) is 1.68. The largest absolute Gasteiger partial charge is 0.383 e. The Balaban J connectivity index is 2.49. The summed E-state index contributed by atoms with van der Waals surface area (Å²) >= 11 is 5.73. The fourth-order valence-corrected chi connectivity index (χ4v) is 2.01. The minimum Gasteiger partial charge on any atom is -0.383 e. The molecule has 0 radical (unpaired) electrons. The first-order valence-corrected chi connectivity index (χ1v) is 6.71. The van der Waals surface area contributed by atoms with Gasteiger partial charge in [0.2, 0.25) is 0 Å². The number of rotatable bonds is 8. The van der Waals surface area contributed by atoms with Crippen LogP contribution >= 0.6 is 11.6 Å². The number of hydrogen-bond donors (Lipinski definition) is 1. The Morgan fingerprint density at radius 1 is 1.44 bits per heavy atom. The van der Waals surface area contributed by atoms with Crippen LogP contribution in [0.1, 0.15) is 25.3 Å². The summed E-state index contributed by atoms with van der Waals surface area (Å²) in [4.78, 5) is 0. The van der Waals surface area contributed by atoms with Gasteiger partial charge in [0.15, 0.2) is 0 Å². The average Bonchev–Trinajstić information content (AvgIpc) is 2.34. The lowest BCUT2D eigenvalue weighted by molar-refractivity contribution is 0.162. The molecule has 2 nitrogen and oxygen atoms in total. The van der Waals surface area contributed by atoms with E-state index in [1.54, 1.807) is 19.2 Å². The second-order valence-electron chi connectivity index (χ2n) is 4.38. The highest BCUT2D eigenvalue weighted by molar-refractivity contribution is 6.30. The van der Waals surface area contributed by atoms with E-state index in [-0.39, 0.29) is 11.9 Å². The molecule has 1 N–H and O–H groups in total. The highest BCUT2D eigenvalue weighted by Gasteiger charge is 2.09. The van der Waals surface area contributed by atoms with Crippen LogP contribution in [-0.4, -0.2) is 26.3 Å². The van der Waals surface area contributed by atoms with Gasteiger partial charge in [-0.15, -0.1) is 0 Å². The van der Waals surface area contributed by atoms with E-state index in [2.05, 4.69) is 12.2 Å². The molecule has 0 spiro atoms. The van der Waals surface area contributed by atoms with E-state index in [1.165, 1.54) is 6.07 Å². The maximum absolute atomic E-state index is 13.6. The van der Waals surface area contributed by atoms with Crippen molar-refractivity contribution in [1.82, 2.24) is 5.32 Å². The van der Waals surface area contributed by atoms with Crippen molar-refractivity contribution in [3.8, 4) is 0 Å². The number of nitrogens with one attached hydrogen (secondary N) is 1. The van der Waals surface area contributed by atoms with Gasteiger partial charge in [-0.25, -0.2) is 4.39 Å². The Labute approximate surface area is 113 Å². The second-order valence-corrected chi connectivity index (χ2v) is 4.82. The molecule has 0 saturated heterocycles. The van der Waals surface area contributed by atoms with Crippen molar-refractivity contribution in [1.29, 1.82) is 0 Å². The molecular formula is C14H21ClFNO. The molecule has 4 heteroatoms. The van der Waals surface area contributed by atoms with Crippen LogP contribution in [0.2, 0.25) is 5.02 Å². The van der Waals surface area contributed by atoms with Crippen LogP contribution in [0.5, 0.6) is 0 Å². The molecule has 0 amide bonds. The van der Waals surface area contributed by atoms with Gasteiger partial charge >= 0.3 is 0 Å². The third-order valence-corrected chi connectivity index (χ3v) is 3.06. The molecule has 1 rings (SSSR count). The van der Waals surface area contributed by atoms with E-state index < -0.39 is 0 Å². The zero-order valence-electron chi connectivity index (χ0n) is 11.0. The molecule has 0 bridgehead atoms. The van der Waals surface area contributed by atoms with Crippen LogP contribution in [0.25, 0.3) is 0 Å². The third-order valence-electron chi connectivity index (χ3n) is 2.83. The van der Waals surface area contributed by atoms with Crippen molar-refractivity contribution in [2.45, 2.75) is 32.2 Å². The predicted molar refractivity (Wildman–Crippen MR) is 73.7 cm³/mol. The molecule has 0 fully saturated rings. The lowest BCUT2D eigenvalue weighted by atomic mass is 10.0. The number of benzene rings is 1. The molecule has 0 aliphatic rings. The quantitative estimate of drug-likeness (QED) is 0.784. The lowest BCUT2D eigenvalue weighted by Crippen LogP contribution is -2.34. The molecule has 1 atom stereocenters. The van der Waals surface area contributed by atoms with Crippen LogP contribution < -0.4 is 5.32 Å². The number of hydrogen-bond acceptors (Lipinski definition) is 2. The van der Waals surface area contributed by atoms with Crippen molar-refractivity contribution in [2.24, 2.45) is 0 Å². The average molecular weight is 274 g/mol. The van der Waals surface area contributed by atoms with E-state index in [4.69, 9.17) is 16.3 Å². The summed E-state index contributed by atoms with van der Waals surface area (Å²) in [5.41, 5.74) is 0.707. The Morgan fingerprint density at radius 2 is 2.22 bits per heavy atom. The van der Waals surface area contributed by atoms with E-state index in [0.717, 1.165) is 19.4 Å². The maximum atomic E-state index is 13.6. The summed E-state index contributed by atoms with van der Waals surface area (Å²) in [6, 6.07) is 5.11.